The fourth-order valence-electron chi connectivity index (χ4n) is 3.04. The minimum absolute atomic E-state index is 0.239. The second-order valence-corrected chi connectivity index (χ2v) is 4.97. The van der Waals surface area contributed by atoms with Gasteiger partial charge in [-0.25, -0.2) is 0 Å². The van der Waals surface area contributed by atoms with Crippen molar-refractivity contribution in [3.63, 3.8) is 0 Å². The summed E-state index contributed by atoms with van der Waals surface area (Å²) in [5, 5.41) is 3.98. The largest absolute Gasteiger partial charge is 0.449 e. The summed E-state index contributed by atoms with van der Waals surface area (Å²) in [7, 11) is 0. The molecular formula is C11H14ClNO. The van der Waals surface area contributed by atoms with Crippen molar-refractivity contribution in [3.8, 4) is 0 Å². The highest BCUT2D eigenvalue weighted by atomic mass is 35.5. The van der Waals surface area contributed by atoms with Gasteiger partial charge in [0.1, 0.15) is 5.76 Å². The number of hydrogen-bond acceptors (Lipinski definition) is 2. The smallest absolute Gasteiger partial charge is 0.193 e. The van der Waals surface area contributed by atoms with Crippen LogP contribution in [0.1, 0.15) is 24.7 Å². The first-order chi connectivity index (χ1) is 6.72. The van der Waals surface area contributed by atoms with Crippen molar-refractivity contribution in [1.29, 1.82) is 0 Å². The van der Waals surface area contributed by atoms with Crippen LogP contribution in [-0.4, -0.2) is 13.1 Å². The quantitative estimate of drug-likeness (QED) is 0.713. The molecule has 3 heteroatoms. The number of furan rings is 1. The monoisotopic (exact) mass is 211 g/mol. The van der Waals surface area contributed by atoms with E-state index >= 15 is 0 Å². The van der Waals surface area contributed by atoms with E-state index in [0.29, 0.717) is 11.1 Å². The van der Waals surface area contributed by atoms with Crippen molar-refractivity contribution in [2.75, 3.05) is 13.1 Å². The molecule has 0 aromatic carbocycles. The van der Waals surface area contributed by atoms with Crippen LogP contribution in [0.2, 0.25) is 5.22 Å². The standard InChI is InChI=1S/C11H14ClNO/c1-7-4-8-5-9(12)14-10(8)11(7)2-3-13-6-11/h5,7,13H,2-4,6H2,1H3. The zero-order valence-electron chi connectivity index (χ0n) is 8.27. The summed E-state index contributed by atoms with van der Waals surface area (Å²) >= 11 is 5.90. The van der Waals surface area contributed by atoms with E-state index in [4.69, 9.17) is 16.0 Å². The molecule has 1 spiro atoms. The lowest BCUT2D eigenvalue weighted by Gasteiger charge is -2.26. The molecule has 1 N–H and O–H groups in total. The van der Waals surface area contributed by atoms with Gasteiger partial charge in [0.15, 0.2) is 5.22 Å². The van der Waals surface area contributed by atoms with Gasteiger partial charge in [-0.2, -0.15) is 0 Å². The van der Waals surface area contributed by atoms with Gasteiger partial charge < -0.3 is 9.73 Å². The Morgan fingerprint density at radius 3 is 3.21 bits per heavy atom. The van der Waals surface area contributed by atoms with Gasteiger partial charge in [-0.1, -0.05) is 6.92 Å². The highest BCUT2D eigenvalue weighted by Crippen LogP contribution is 2.48. The summed E-state index contributed by atoms with van der Waals surface area (Å²) in [6, 6.07) is 1.99. The van der Waals surface area contributed by atoms with E-state index in [1.807, 2.05) is 6.07 Å². The zero-order chi connectivity index (χ0) is 9.76. The Balaban J connectivity index is 2.12. The van der Waals surface area contributed by atoms with Gasteiger partial charge >= 0.3 is 0 Å². The lowest BCUT2D eigenvalue weighted by Crippen LogP contribution is -2.32. The molecule has 2 unspecified atom stereocenters. The van der Waals surface area contributed by atoms with E-state index in [1.165, 1.54) is 12.0 Å². The van der Waals surface area contributed by atoms with Crippen LogP contribution in [0, 0.1) is 5.92 Å². The maximum absolute atomic E-state index is 5.90. The Bertz CT molecular complexity index is 365. The second-order valence-electron chi connectivity index (χ2n) is 4.59. The van der Waals surface area contributed by atoms with Crippen LogP contribution >= 0.6 is 11.6 Å². The molecule has 2 aliphatic rings. The molecule has 1 aromatic heterocycles. The van der Waals surface area contributed by atoms with Gasteiger partial charge in [-0.15, -0.1) is 0 Å². The summed E-state index contributed by atoms with van der Waals surface area (Å²) in [5.41, 5.74) is 1.56. The zero-order valence-corrected chi connectivity index (χ0v) is 9.03. The number of halogens is 1. The van der Waals surface area contributed by atoms with Gasteiger partial charge in [-0.05, 0) is 48.5 Å². The Morgan fingerprint density at radius 1 is 1.64 bits per heavy atom. The Labute approximate surface area is 88.6 Å². The van der Waals surface area contributed by atoms with Gasteiger partial charge in [0.2, 0.25) is 0 Å². The molecule has 0 bridgehead atoms. The molecule has 1 aliphatic heterocycles. The Hall–Kier alpha value is -0.470. The normalized spacial score (nSPS) is 35.4. The van der Waals surface area contributed by atoms with Crippen LogP contribution in [0.15, 0.2) is 10.5 Å². The molecule has 1 aliphatic carbocycles. The van der Waals surface area contributed by atoms with Crippen molar-refractivity contribution < 1.29 is 4.42 Å². The summed E-state index contributed by atoms with van der Waals surface area (Å²) in [4.78, 5) is 0. The first-order valence-electron chi connectivity index (χ1n) is 5.22. The molecule has 1 aromatic rings. The summed E-state index contributed by atoms with van der Waals surface area (Å²) in [6.45, 7) is 4.46. The first-order valence-corrected chi connectivity index (χ1v) is 5.59. The lowest BCUT2D eigenvalue weighted by atomic mass is 9.78. The molecule has 0 amide bonds. The van der Waals surface area contributed by atoms with Crippen LogP contribution in [-0.2, 0) is 11.8 Å². The van der Waals surface area contributed by atoms with E-state index in [1.54, 1.807) is 0 Å². The van der Waals surface area contributed by atoms with Gasteiger partial charge in [0.05, 0.1) is 0 Å². The van der Waals surface area contributed by atoms with Crippen LogP contribution in [0.5, 0.6) is 0 Å². The topological polar surface area (TPSA) is 25.2 Å². The second kappa shape index (κ2) is 2.77. The molecule has 76 valence electrons. The predicted octanol–water partition coefficient (Wildman–Crippen LogP) is 2.36. The fraction of sp³-hybridized carbons (Fsp3) is 0.636. The molecule has 0 saturated carbocycles. The van der Waals surface area contributed by atoms with E-state index in [2.05, 4.69) is 12.2 Å². The first kappa shape index (κ1) is 8.81. The van der Waals surface area contributed by atoms with Crippen LogP contribution in [0.4, 0.5) is 0 Å². The van der Waals surface area contributed by atoms with E-state index in [9.17, 15) is 0 Å². The van der Waals surface area contributed by atoms with Crippen molar-refractivity contribution in [1.82, 2.24) is 5.32 Å². The number of nitrogens with one attached hydrogen (secondary N) is 1. The number of hydrogen-bond donors (Lipinski definition) is 1. The molecule has 14 heavy (non-hydrogen) atoms. The minimum atomic E-state index is 0.239. The average molecular weight is 212 g/mol. The molecule has 2 heterocycles. The van der Waals surface area contributed by atoms with E-state index in [0.717, 1.165) is 25.3 Å². The summed E-state index contributed by atoms with van der Waals surface area (Å²) in [6.07, 6.45) is 2.30. The van der Waals surface area contributed by atoms with Gasteiger partial charge in [0.25, 0.3) is 0 Å². The maximum Gasteiger partial charge on any atom is 0.193 e. The molecular weight excluding hydrogens is 198 g/mol. The van der Waals surface area contributed by atoms with E-state index < -0.39 is 0 Å². The fourth-order valence-corrected chi connectivity index (χ4v) is 3.25. The van der Waals surface area contributed by atoms with Gasteiger partial charge in [0, 0.05) is 12.0 Å². The number of fused-ring (bicyclic) bond motifs is 2. The molecule has 3 rings (SSSR count). The van der Waals surface area contributed by atoms with Crippen LogP contribution < -0.4 is 5.32 Å². The highest BCUT2D eigenvalue weighted by molar-refractivity contribution is 6.29. The predicted molar refractivity (Wildman–Crippen MR) is 55.8 cm³/mol. The van der Waals surface area contributed by atoms with E-state index in [-0.39, 0.29) is 5.41 Å². The third-order valence-electron chi connectivity index (χ3n) is 3.89. The molecule has 0 radical (unpaired) electrons. The SMILES string of the molecule is CC1Cc2cc(Cl)oc2C12CCNC2. The lowest BCUT2D eigenvalue weighted by molar-refractivity contribution is 0.288. The third-order valence-corrected chi connectivity index (χ3v) is 4.08. The molecule has 2 nitrogen and oxygen atoms in total. The van der Waals surface area contributed by atoms with Crippen molar-refractivity contribution in [2.24, 2.45) is 5.92 Å². The number of rotatable bonds is 0. The Kier molecular flexibility index (Phi) is 1.74. The average Bonchev–Trinajstić information content (AvgIpc) is 2.76. The maximum atomic E-state index is 5.90. The Morgan fingerprint density at radius 2 is 2.50 bits per heavy atom. The van der Waals surface area contributed by atoms with Gasteiger partial charge in [-0.3, -0.25) is 0 Å². The van der Waals surface area contributed by atoms with Crippen molar-refractivity contribution in [3.05, 3.63) is 22.6 Å². The minimum Gasteiger partial charge on any atom is -0.449 e. The third kappa shape index (κ3) is 0.958. The summed E-state index contributed by atoms with van der Waals surface area (Å²) < 4.78 is 5.66. The molecule has 2 atom stereocenters. The molecule has 1 fully saturated rings. The summed E-state index contributed by atoms with van der Waals surface area (Å²) in [5.74, 6) is 1.84. The van der Waals surface area contributed by atoms with Crippen LogP contribution in [0.25, 0.3) is 0 Å². The molecule has 1 saturated heterocycles. The van der Waals surface area contributed by atoms with Crippen molar-refractivity contribution in [2.45, 2.75) is 25.2 Å². The van der Waals surface area contributed by atoms with Crippen LogP contribution in [0.3, 0.4) is 0 Å². The van der Waals surface area contributed by atoms with Crippen molar-refractivity contribution >= 4 is 11.6 Å². The highest BCUT2D eigenvalue weighted by Gasteiger charge is 2.49.